The van der Waals surface area contributed by atoms with Crippen LogP contribution in [0.5, 0.6) is 0 Å². The molecule has 2 unspecified atom stereocenters. The van der Waals surface area contributed by atoms with Crippen LogP contribution in [0.1, 0.15) is 40.0 Å². The Bertz CT molecular complexity index is 226. The molecule has 2 fully saturated rings. The highest BCUT2D eigenvalue weighted by atomic mass is 16.5. The van der Waals surface area contributed by atoms with Gasteiger partial charge in [-0.25, -0.2) is 0 Å². The zero-order valence-electron chi connectivity index (χ0n) is 11.6. The van der Waals surface area contributed by atoms with E-state index in [0.29, 0.717) is 6.04 Å². The van der Waals surface area contributed by atoms with Gasteiger partial charge >= 0.3 is 0 Å². The molecule has 3 nitrogen and oxygen atoms in total. The number of ether oxygens (including phenoxy) is 1. The van der Waals surface area contributed by atoms with E-state index in [-0.39, 0.29) is 0 Å². The number of nitrogens with zero attached hydrogens (tertiary/aromatic N) is 1. The van der Waals surface area contributed by atoms with Crippen LogP contribution in [0.3, 0.4) is 0 Å². The first kappa shape index (κ1) is 13.3. The zero-order valence-corrected chi connectivity index (χ0v) is 11.6. The van der Waals surface area contributed by atoms with E-state index in [9.17, 15) is 0 Å². The van der Waals surface area contributed by atoms with Crippen molar-refractivity contribution >= 4 is 0 Å². The van der Waals surface area contributed by atoms with Gasteiger partial charge in [-0.3, -0.25) is 4.90 Å². The van der Waals surface area contributed by atoms with Crippen molar-refractivity contribution in [1.82, 2.24) is 10.2 Å². The summed E-state index contributed by atoms with van der Waals surface area (Å²) in [6.45, 7) is 11.3. The molecule has 0 aromatic rings. The van der Waals surface area contributed by atoms with E-state index in [1.54, 1.807) is 0 Å². The van der Waals surface area contributed by atoms with E-state index in [4.69, 9.17) is 4.74 Å². The van der Waals surface area contributed by atoms with Crippen molar-refractivity contribution in [2.45, 2.75) is 58.2 Å². The predicted molar refractivity (Wildman–Crippen MR) is 71.3 cm³/mol. The summed E-state index contributed by atoms with van der Waals surface area (Å²) in [5.41, 5.74) is 0. The molecule has 3 heteroatoms. The molecule has 17 heavy (non-hydrogen) atoms. The van der Waals surface area contributed by atoms with Gasteiger partial charge in [0.2, 0.25) is 0 Å². The molecule has 0 bridgehead atoms. The molecule has 0 saturated carbocycles. The molecule has 0 radical (unpaired) electrons. The Hall–Kier alpha value is -0.120. The SMILES string of the molecule is CCC1CNC(C(C)C)CN1C1CCOCC1. The van der Waals surface area contributed by atoms with Crippen molar-refractivity contribution in [3.63, 3.8) is 0 Å². The van der Waals surface area contributed by atoms with Crippen LogP contribution in [-0.2, 0) is 4.74 Å². The maximum Gasteiger partial charge on any atom is 0.0480 e. The van der Waals surface area contributed by atoms with Crippen molar-refractivity contribution in [2.75, 3.05) is 26.3 Å². The maximum atomic E-state index is 5.49. The smallest absolute Gasteiger partial charge is 0.0480 e. The fraction of sp³-hybridized carbons (Fsp3) is 1.00. The number of nitrogens with one attached hydrogen (secondary N) is 1. The molecule has 2 heterocycles. The first-order chi connectivity index (χ1) is 8.22. The summed E-state index contributed by atoms with van der Waals surface area (Å²) in [6.07, 6.45) is 3.71. The number of piperazine rings is 1. The van der Waals surface area contributed by atoms with Gasteiger partial charge in [0.25, 0.3) is 0 Å². The minimum Gasteiger partial charge on any atom is -0.381 e. The molecule has 0 aliphatic carbocycles. The predicted octanol–water partition coefficient (Wildman–Crippen LogP) is 1.87. The fourth-order valence-electron chi connectivity index (χ4n) is 3.13. The first-order valence-corrected chi connectivity index (χ1v) is 7.29. The standard InChI is InChI=1S/C14H28N2O/c1-4-12-9-15-14(11(2)3)10-16(12)13-5-7-17-8-6-13/h11-15H,4-10H2,1-3H3. The van der Waals surface area contributed by atoms with Crippen molar-refractivity contribution < 1.29 is 4.74 Å². The summed E-state index contributed by atoms with van der Waals surface area (Å²) in [7, 11) is 0. The minimum absolute atomic E-state index is 0.667. The maximum absolute atomic E-state index is 5.49. The van der Waals surface area contributed by atoms with E-state index in [0.717, 1.165) is 37.8 Å². The summed E-state index contributed by atoms with van der Waals surface area (Å²) in [4.78, 5) is 2.77. The van der Waals surface area contributed by atoms with E-state index in [1.807, 2.05) is 0 Å². The van der Waals surface area contributed by atoms with Crippen LogP contribution in [-0.4, -0.2) is 49.3 Å². The Balaban J connectivity index is 1.98. The van der Waals surface area contributed by atoms with Crippen molar-refractivity contribution in [2.24, 2.45) is 5.92 Å². The molecule has 0 aromatic heterocycles. The molecule has 0 aromatic carbocycles. The quantitative estimate of drug-likeness (QED) is 0.815. The minimum atomic E-state index is 0.667. The van der Waals surface area contributed by atoms with Gasteiger partial charge in [0, 0.05) is 44.4 Å². The van der Waals surface area contributed by atoms with Crippen LogP contribution in [0.15, 0.2) is 0 Å². The highest BCUT2D eigenvalue weighted by Gasteiger charge is 2.33. The summed E-state index contributed by atoms with van der Waals surface area (Å²) < 4.78 is 5.49. The third-order valence-corrected chi connectivity index (χ3v) is 4.43. The second-order valence-corrected chi connectivity index (χ2v) is 5.86. The van der Waals surface area contributed by atoms with Gasteiger partial charge in [-0.05, 0) is 25.2 Å². The average Bonchev–Trinajstić information content (AvgIpc) is 2.39. The van der Waals surface area contributed by atoms with Crippen LogP contribution >= 0.6 is 0 Å². The van der Waals surface area contributed by atoms with Gasteiger partial charge in [0.15, 0.2) is 0 Å². The third-order valence-electron chi connectivity index (χ3n) is 4.43. The lowest BCUT2D eigenvalue weighted by Gasteiger charge is -2.46. The summed E-state index contributed by atoms with van der Waals surface area (Å²) in [6, 6.07) is 2.16. The van der Waals surface area contributed by atoms with E-state index in [2.05, 4.69) is 31.0 Å². The Labute approximate surface area is 106 Å². The van der Waals surface area contributed by atoms with Gasteiger partial charge in [-0.15, -0.1) is 0 Å². The highest BCUT2D eigenvalue weighted by Crippen LogP contribution is 2.23. The van der Waals surface area contributed by atoms with Gasteiger partial charge in [0.05, 0.1) is 0 Å². The lowest BCUT2D eigenvalue weighted by molar-refractivity contribution is -0.00447. The van der Waals surface area contributed by atoms with Gasteiger partial charge in [-0.1, -0.05) is 20.8 Å². The first-order valence-electron chi connectivity index (χ1n) is 7.29. The molecular formula is C14H28N2O. The number of hydrogen-bond donors (Lipinski definition) is 1. The second kappa shape index (κ2) is 6.17. The molecule has 0 spiro atoms. The van der Waals surface area contributed by atoms with E-state index in [1.165, 1.54) is 25.8 Å². The normalized spacial score (nSPS) is 33.2. The van der Waals surface area contributed by atoms with Gasteiger partial charge in [0.1, 0.15) is 0 Å². The Morgan fingerprint density at radius 1 is 1.29 bits per heavy atom. The van der Waals surface area contributed by atoms with Gasteiger partial charge < -0.3 is 10.1 Å². The van der Waals surface area contributed by atoms with E-state index < -0.39 is 0 Å². The second-order valence-electron chi connectivity index (χ2n) is 5.86. The molecule has 2 saturated heterocycles. The molecule has 2 atom stereocenters. The van der Waals surface area contributed by atoms with Crippen LogP contribution in [0.25, 0.3) is 0 Å². The molecular weight excluding hydrogens is 212 g/mol. The van der Waals surface area contributed by atoms with Crippen molar-refractivity contribution in [3.05, 3.63) is 0 Å². The topological polar surface area (TPSA) is 24.5 Å². The van der Waals surface area contributed by atoms with Crippen LogP contribution in [0, 0.1) is 5.92 Å². The summed E-state index contributed by atoms with van der Waals surface area (Å²) >= 11 is 0. The molecule has 0 amide bonds. The number of hydrogen-bond acceptors (Lipinski definition) is 3. The Morgan fingerprint density at radius 3 is 2.59 bits per heavy atom. The molecule has 2 aliphatic heterocycles. The average molecular weight is 240 g/mol. The van der Waals surface area contributed by atoms with Gasteiger partial charge in [-0.2, -0.15) is 0 Å². The molecule has 100 valence electrons. The monoisotopic (exact) mass is 240 g/mol. The highest BCUT2D eigenvalue weighted by molar-refractivity contribution is 4.91. The summed E-state index contributed by atoms with van der Waals surface area (Å²) in [5, 5.41) is 3.72. The van der Waals surface area contributed by atoms with Crippen molar-refractivity contribution in [1.29, 1.82) is 0 Å². The Kier molecular flexibility index (Phi) is 4.83. The molecule has 1 N–H and O–H groups in total. The lowest BCUT2D eigenvalue weighted by atomic mass is 9.94. The molecule has 2 rings (SSSR count). The van der Waals surface area contributed by atoms with Crippen LogP contribution < -0.4 is 5.32 Å². The van der Waals surface area contributed by atoms with Crippen LogP contribution in [0.4, 0.5) is 0 Å². The van der Waals surface area contributed by atoms with Crippen LogP contribution in [0.2, 0.25) is 0 Å². The van der Waals surface area contributed by atoms with Crippen molar-refractivity contribution in [3.8, 4) is 0 Å². The largest absolute Gasteiger partial charge is 0.381 e. The third kappa shape index (κ3) is 3.21. The fourth-order valence-corrected chi connectivity index (χ4v) is 3.13. The number of rotatable bonds is 3. The lowest BCUT2D eigenvalue weighted by Crippen LogP contribution is -2.61. The van der Waals surface area contributed by atoms with E-state index >= 15 is 0 Å². The molecule has 2 aliphatic rings. The summed E-state index contributed by atoms with van der Waals surface area (Å²) in [5.74, 6) is 0.732. The zero-order chi connectivity index (χ0) is 12.3. The Morgan fingerprint density at radius 2 is 2.00 bits per heavy atom.